The first-order valence-corrected chi connectivity index (χ1v) is 3.11. The summed E-state index contributed by atoms with van der Waals surface area (Å²) >= 11 is 0. The van der Waals surface area contributed by atoms with Crippen molar-refractivity contribution in [2.45, 2.75) is 0 Å². The standard InChI is InChI=1S/C7H9N2O2/c1-5-4-6(8-11-5)7(10)9(2)3/h4H,1H2,2-3H3. The van der Waals surface area contributed by atoms with Crippen molar-refractivity contribution in [1.29, 1.82) is 0 Å². The Kier molecular flexibility index (Phi) is 1.94. The van der Waals surface area contributed by atoms with Gasteiger partial charge in [0.25, 0.3) is 5.91 Å². The zero-order valence-corrected chi connectivity index (χ0v) is 6.50. The van der Waals surface area contributed by atoms with Gasteiger partial charge in [-0.05, 0) is 0 Å². The maximum atomic E-state index is 11.1. The summed E-state index contributed by atoms with van der Waals surface area (Å²) in [6.45, 7) is 3.48. The molecular formula is C7H9N2O2. The van der Waals surface area contributed by atoms with Gasteiger partial charge in [0.1, 0.15) is 5.76 Å². The Labute approximate surface area is 64.8 Å². The number of hydrogen-bond acceptors (Lipinski definition) is 3. The van der Waals surface area contributed by atoms with Crippen LogP contribution < -0.4 is 0 Å². The van der Waals surface area contributed by atoms with E-state index in [0.717, 1.165) is 0 Å². The van der Waals surface area contributed by atoms with E-state index < -0.39 is 0 Å². The summed E-state index contributed by atoms with van der Waals surface area (Å²) in [6, 6.07) is 1.50. The number of amides is 1. The van der Waals surface area contributed by atoms with Crippen molar-refractivity contribution < 1.29 is 9.32 Å². The van der Waals surface area contributed by atoms with Crippen molar-refractivity contribution >= 4 is 5.91 Å². The topological polar surface area (TPSA) is 46.3 Å². The van der Waals surface area contributed by atoms with Crippen molar-refractivity contribution in [2.24, 2.45) is 0 Å². The third kappa shape index (κ3) is 1.58. The van der Waals surface area contributed by atoms with Crippen molar-refractivity contribution in [3.63, 3.8) is 0 Å². The fourth-order valence-corrected chi connectivity index (χ4v) is 0.643. The van der Waals surface area contributed by atoms with Crippen molar-refractivity contribution in [3.8, 4) is 0 Å². The second kappa shape index (κ2) is 2.74. The van der Waals surface area contributed by atoms with E-state index in [1.165, 1.54) is 11.0 Å². The molecule has 1 heterocycles. The van der Waals surface area contributed by atoms with E-state index in [2.05, 4.69) is 16.6 Å². The predicted octanol–water partition coefficient (Wildman–Crippen LogP) is 0.559. The molecule has 11 heavy (non-hydrogen) atoms. The Hall–Kier alpha value is -1.32. The molecular weight excluding hydrogens is 144 g/mol. The van der Waals surface area contributed by atoms with E-state index in [1.807, 2.05) is 0 Å². The third-order valence-electron chi connectivity index (χ3n) is 1.18. The molecule has 59 valence electrons. The van der Waals surface area contributed by atoms with Crippen LogP contribution in [0.4, 0.5) is 0 Å². The molecule has 1 amide bonds. The van der Waals surface area contributed by atoms with Crippen LogP contribution in [0.1, 0.15) is 16.2 Å². The summed E-state index contributed by atoms with van der Waals surface area (Å²) in [7, 11) is 3.31. The molecule has 4 nitrogen and oxygen atoms in total. The highest BCUT2D eigenvalue weighted by atomic mass is 16.5. The zero-order chi connectivity index (χ0) is 8.43. The Balaban J connectivity index is 2.85. The highest BCUT2D eigenvalue weighted by molar-refractivity contribution is 5.91. The van der Waals surface area contributed by atoms with Gasteiger partial charge in [-0.25, -0.2) is 0 Å². The van der Waals surface area contributed by atoms with Crippen LogP contribution >= 0.6 is 0 Å². The second-order valence-electron chi connectivity index (χ2n) is 2.38. The maximum absolute atomic E-state index is 11.1. The van der Waals surface area contributed by atoms with Crippen LogP contribution in [0.5, 0.6) is 0 Å². The first-order valence-electron chi connectivity index (χ1n) is 3.11. The van der Waals surface area contributed by atoms with Gasteiger partial charge in [-0.3, -0.25) is 4.79 Å². The van der Waals surface area contributed by atoms with Gasteiger partial charge in [0, 0.05) is 27.1 Å². The molecule has 0 fully saturated rings. The molecule has 0 aromatic carbocycles. The zero-order valence-electron chi connectivity index (χ0n) is 6.50. The Bertz CT molecular complexity index is 265. The normalized spacial score (nSPS) is 9.73. The van der Waals surface area contributed by atoms with Crippen LogP contribution in [-0.4, -0.2) is 30.1 Å². The van der Waals surface area contributed by atoms with Gasteiger partial charge in [-0.2, -0.15) is 0 Å². The predicted molar refractivity (Wildman–Crippen MR) is 39.0 cm³/mol. The molecule has 1 rings (SSSR count). The van der Waals surface area contributed by atoms with Crippen LogP contribution in [0.15, 0.2) is 10.6 Å². The molecule has 1 aromatic heterocycles. The minimum Gasteiger partial charge on any atom is -0.361 e. The minimum atomic E-state index is -0.177. The molecule has 1 aromatic rings. The lowest BCUT2D eigenvalue weighted by molar-refractivity contribution is 0.0817. The molecule has 0 saturated carbocycles. The first kappa shape index (κ1) is 7.78. The minimum absolute atomic E-state index is 0.177. The smallest absolute Gasteiger partial charge is 0.275 e. The average molecular weight is 153 g/mol. The molecule has 0 saturated heterocycles. The van der Waals surface area contributed by atoms with Gasteiger partial charge in [0.2, 0.25) is 0 Å². The molecule has 1 radical (unpaired) electrons. The number of carbonyl (C=O) groups is 1. The van der Waals surface area contributed by atoms with Gasteiger partial charge in [0.05, 0.1) is 0 Å². The highest BCUT2D eigenvalue weighted by Crippen LogP contribution is 2.02. The lowest BCUT2D eigenvalue weighted by Crippen LogP contribution is -2.21. The molecule has 0 bridgehead atoms. The number of rotatable bonds is 1. The number of hydrogen-bond donors (Lipinski definition) is 0. The molecule has 0 aliphatic heterocycles. The Morgan fingerprint density at radius 1 is 1.73 bits per heavy atom. The van der Waals surface area contributed by atoms with E-state index in [0.29, 0.717) is 11.5 Å². The number of aromatic nitrogens is 1. The van der Waals surface area contributed by atoms with Crippen LogP contribution in [-0.2, 0) is 0 Å². The van der Waals surface area contributed by atoms with E-state index >= 15 is 0 Å². The largest absolute Gasteiger partial charge is 0.361 e. The number of carbonyl (C=O) groups excluding carboxylic acids is 1. The van der Waals surface area contributed by atoms with Crippen molar-refractivity contribution in [1.82, 2.24) is 10.1 Å². The van der Waals surface area contributed by atoms with E-state index in [-0.39, 0.29) is 5.91 Å². The van der Waals surface area contributed by atoms with E-state index in [1.54, 1.807) is 14.1 Å². The van der Waals surface area contributed by atoms with E-state index in [4.69, 9.17) is 0 Å². The van der Waals surface area contributed by atoms with Crippen molar-refractivity contribution in [3.05, 3.63) is 24.4 Å². The van der Waals surface area contributed by atoms with Gasteiger partial charge < -0.3 is 9.42 Å². The maximum Gasteiger partial charge on any atom is 0.275 e. The summed E-state index contributed by atoms with van der Waals surface area (Å²) in [6.07, 6.45) is 0. The fourth-order valence-electron chi connectivity index (χ4n) is 0.643. The highest BCUT2D eigenvalue weighted by Gasteiger charge is 2.11. The molecule has 0 unspecified atom stereocenters. The lowest BCUT2D eigenvalue weighted by atomic mass is 10.3. The summed E-state index contributed by atoms with van der Waals surface area (Å²) in [5.74, 6) is 0.221. The van der Waals surface area contributed by atoms with Crippen LogP contribution in [0.2, 0.25) is 0 Å². The van der Waals surface area contributed by atoms with Gasteiger partial charge in [-0.15, -0.1) is 0 Å². The first-order chi connectivity index (χ1) is 5.11. The average Bonchev–Trinajstić information content (AvgIpc) is 2.34. The molecule has 0 aliphatic rings. The van der Waals surface area contributed by atoms with Crippen LogP contribution in [0.25, 0.3) is 0 Å². The van der Waals surface area contributed by atoms with Gasteiger partial charge in [-0.1, -0.05) is 5.16 Å². The molecule has 0 N–H and O–H groups in total. The van der Waals surface area contributed by atoms with Crippen LogP contribution in [0, 0.1) is 6.92 Å². The van der Waals surface area contributed by atoms with Crippen LogP contribution in [0.3, 0.4) is 0 Å². The Morgan fingerprint density at radius 2 is 2.36 bits per heavy atom. The van der Waals surface area contributed by atoms with Crippen molar-refractivity contribution in [2.75, 3.05) is 14.1 Å². The molecule has 4 heteroatoms. The SMILES string of the molecule is [CH2]c1cc(C(=O)N(C)C)no1. The monoisotopic (exact) mass is 153 g/mol. The Morgan fingerprint density at radius 3 is 2.73 bits per heavy atom. The summed E-state index contributed by atoms with van der Waals surface area (Å²) in [5.41, 5.74) is 0.292. The fraction of sp³-hybridized carbons (Fsp3) is 0.286. The summed E-state index contributed by atoms with van der Waals surface area (Å²) in [5, 5.41) is 3.51. The molecule has 0 atom stereocenters. The summed E-state index contributed by atoms with van der Waals surface area (Å²) in [4.78, 5) is 12.6. The summed E-state index contributed by atoms with van der Waals surface area (Å²) < 4.78 is 4.63. The van der Waals surface area contributed by atoms with Gasteiger partial charge >= 0.3 is 0 Å². The van der Waals surface area contributed by atoms with Gasteiger partial charge in [0.15, 0.2) is 5.69 Å². The number of nitrogens with zero attached hydrogens (tertiary/aromatic N) is 2. The lowest BCUT2D eigenvalue weighted by Gasteiger charge is -2.05. The second-order valence-corrected chi connectivity index (χ2v) is 2.38. The van der Waals surface area contributed by atoms with E-state index in [9.17, 15) is 4.79 Å². The third-order valence-corrected chi connectivity index (χ3v) is 1.18. The molecule has 0 aliphatic carbocycles. The quantitative estimate of drug-likeness (QED) is 0.592. The molecule has 0 spiro atoms.